The van der Waals surface area contributed by atoms with E-state index in [2.05, 4.69) is 10.6 Å². The fraction of sp³-hybridized carbons (Fsp3) is 0.261. The van der Waals surface area contributed by atoms with Crippen molar-refractivity contribution in [1.82, 2.24) is 10.6 Å². The number of carbonyl (C=O) groups is 1. The Hall–Kier alpha value is -2.89. The highest BCUT2D eigenvalue weighted by molar-refractivity contribution is 6.00. The van der Waals surface area contributed by atoms with Crippen LogP contribution in [-0.4, -0.2) is 41.4 Å². The minimum atomic E-state index is -0.886. The summed E-state index contributed by atoms with van der Waals surface area (Å²) in [6, 6.07) is 18.6. The van der Waals surface area contributed by atoms with Gasteiger partial charge in [-0.3, -0.25) is 4.79 Å². The highest BCUT2D eigenvalue weighted by Gasteiger charge is 2.29. The molecule has 3 aromatic carbocycles. The molecule has 1 aliphatic rings. The largest absolute Gasteiger partial charge is 0.507 e. The van der Waals surface area contributed by atoms with Crippen LogP contribution in [-0.2, 0) is 0 Å². The number of aliphatic hydroxyl groups is 1. The van der Waals surface area contributed by atoms with Crippen LogP contribution in [0.4, 0.5) is 0 Å². The maximum atomic E-state index is 12.5. The van der Waals surface area contributed by atoms with Crippen molar-refractivity contribution < 1.29 is 15.0 Å². The summed E-state index contributed by atoms with van der Waals surface area (Å²) < 4.78 is 0. The van der Waals surface area contributed by atoms with E-state index >= 15 is 0 Å². The molecule has 3 aromatic rings. The van der Waals surface area contributed by atoms with Crippen LogP contribution in [0.25, 0.3) is 21.9 Å². The molecule has 0 unspecified atom stereocenters. The average molecular weight is 376 g/mol. The van der Waals surface area contributed by atoms with E-state index in [-0.39, 0.29) is 18.2 Å². The molecule has 1 fully saturated rings. The molecule has 1 amide bonds. The van der Waals surface area contributed by atoms with Gasteiger partial charge in [0.25, 0.3) is 5.91 Å². The fourth-order valence-electron chi connectivity index (χ4n) is 3.80. The fourth-order valence-corrected chi connectivity index (χ4v) is 3.80. The highest BCUT2D eigenvalue weighted by Crippen LogP contribution is 2.36. The molecule has 1 aliphatic heterocycles. The predicted molar refractivity (Wildman–Crippen MR) is 110 cm³/mol. The molecule has 144 valence electrons. The van der Waals surface area contributed by atoms with Crippen molar-refractivity contribution in [3.63, 3.8) is 0 Å². The van der Waals surface area contributed by atoms with Crippen molar-refractivity contribution in [2.75, 3.05) is 19.6 Å². The Kier molecular flexibility index (Phi) is 5.03. The normalized spacial score (nSPS) is 19.5. The van der Waals surface area contributed by atoms with Gasteiger partial charge >= 0.3 is 0 Å². The first-order valence-corrected chi connectivity index (χ1v) is 9.58. The zero-order chi connectivity index (χ0) is 19.6. The van der Waals surface area contributed by atoms with Crippen molar-refractivity contribution in [3.05, 3.63) is 66.2 Å². The van der Waals surface area contributed by atoms with Crippen LogP contribution in [0, 0.1) is 0 Å². The molecule has 4 rings (SSSR count). The van der Waals surface area contributed by atoms with Crippen LogP contribution in [0.15, 0.2) is 60.7 Å². The van der Waals surface area contributed by atoms with E-state index in [0.717, 1.165) is 34.9 Å². The number of hydrogen-bond donors (Lipinski definition) is 4. The molecular formula is C23H24N2O3. The quantitative estimate of drug-likeness (QED) is 0.564. The van der Waals surface area contributed by atoms with Gasteiger partial charge in [0.05, 0.1) is 5.60 Å². The van der Waals surface area contributed by atoms with Gasteiger partial charge in [-0.05, 0) is 53.9 Å². The molecular weight excluding hydrogens is 352 g/mol. The summed E-state index contributed by atoms with van der Waals surface area (Å²) in [5.74, 6) is -0.00406. The number of fused-ring (bicyclic) bond motifs is 1. The molecule has 0 aliphatic carbocycles. The molecule has 5 heteroatoms. The van der Waals surface area contributed by atoms with E-state index in [1.165, 1.54) is 0 Å². The van der Waals surface area contributed by atoms with Gasteiger partial charge in [0.1, 0.15) is 5.75 Å². The van der Waals surface area contributed by atoms with Crippen LogP contribution >= 0.6 is 0 Å². The summed E-state index contributed by atoms with van der Waals surface area (Å²) in [5.41, 5.74) is 1.24. The number of amides is 1. The van der Waals surface area contributed by atoms with E-state index in [4.69, 9.17) is 0 Å². The summed E-state index contributed by atoms with van der Waals surface area (Å²) >= 11 is 0. The molecule has 0 spiro atoms. The molecule has 28 heavy (non-hydrogen) atoms. The molecule has 0 saturated carbocycles. The molecule has 5 nitrogen and oxygen atoms in total. The second-order valence-electron chi connectivity index (χ2n) is 7.45. The van der Waals surface area contributed by atoms with Crippen molar-refractivity contribution in [1.29, 1.82) is 0 Å². The van der Waals surface area contributed by atoms with Gasteiger partial charge < -0.3 is 20.8 Å². The minimum absolute atomic E-state index is 0.211. The van der Waals surface area contributed by atoms with Crippen LogP contribution in [0.5, 0.6) is 5.75 Å². The van der Waals surface area contributed by atoms with E-state index in [9.17, 15) is 15.0 Å². The van der Waals surface area contributed by atoms with Crippen LogP contribution < -0.4 is 10.6 Å². The standard InChI is InChI=1S/C23H24N2O3/c26-20-11-10-16-4-1-2-5-19(16)21(20)17-6-8-18(9-7-17)22(27)25-15-23(28)12-3-13-24-14-23/h1-2,4-11,24,26,28H,3,12-15H2,(H,25,27)/t23-/m0/s1. The first kappa shape index (κ1) is 18.5. The molecule has 0 radical (unpaired) electrons. The Morgan fingerprint density at radius 1 is 1.07 bits per heavy atom. The lowest BCUT2D eigenvalue weighted by Gasteiger charge is -2.32. The third kappa shape index (κ3) is 3.72. The number of carbonyl (C=O) groups excluding carboxylic acids is 1. The van der Waals surface area contributed by atoms with E-state index in [1.54, 1.807) is 18.2 Å². The first-order chi connectivity index (χ1) is 13.6. The van der Waals surface area contributed by atoms with Gasteiger partial charge in [0.15, 0.2) is 0 Å². The second kappa shape index (κ2) is 7.62. The summed E-state index contributed by atoms with van der Waals surface area (Å²) in [5, 5.41) is 28.9. The Bertz CT molecular complexity index is 992. The van der Waals surface area contributed by atoms with Crippen molar-refractivity contribution in [3.8, 4) is 16.9 Å². The monoisotopic (exact) mass is 376 g/mol. The third-order valence-corrected chi connectivity index (χ3v) is 5.37. The number of benzene rings is 3. The zero-order valence-electron chi connectivity index (χ0n) is 15.6. The molecule has 0 bridgehead atoms. The van der Waals surface area contributed by atoms with Crippen molar-refractivity contribution in [2.24, 2.45) is 0 Å². The van der Waals surface area contributed by atoms with Crippen molar-refractivity contribution in [2.45, 2.75) is 18.4 Å². The molecule has 1 atom stereocenters. The average Bonchev–Trinajstić information content (AvgIpc) is 2.73. The number of phenolic OH excluding ortho intramolecular Hbond substituents is 1. The van der Waals surface area contributed by atoms with E-state index in [1.807, 2.05) is 42.5 Å². The molecule has 4 N–H and O–H groups in total. The molecule has 1 saturated heterocycles. The lowest BCUT2D eigenvalue weighted by molar-refractivity contribution is 0.0170. The molecule has 1 heterocycles. The highest BCUT2D eigenvalue weighted by atomic mass is 16.3. The minimum Gasteiger partial charge on any atom is -0.507 e. The number of β-amino-alcohol motifs (C(OH)–C–C–N with tert-alkyl or cyclic N) is 1. The van der Waals surface area contributed by atoms with Crippen LogP contribution in [0.3, 0.4) is 0 Å². The van der Waals surface area contributed by atoms with E-state index < -0.39 is 5.60 Å². The maximum Gasteiger partial charge on any atom is 0.251 e. The van der Waals surface area contributed by atoms with Gasteiger partial charge in [0, 0.05) is 24.2 Å². The Labute approximate surface area is 164 Å². The number of phenols is 1. The maximum absolute atomic E-state index is 12.5. The summed E-state index contributed by atoms with van der Waals surface area (Å²) in [7, 11) is 0. The topological polar surface area (TPSA) is 81.6 Å². The van der Waals surface area contributed by atoms with E-state index in [0.29, 0.717) is 18.5 Å². The SMILES string of the molecule is O=C(NC[C@]1(O)CCCNC1)c1ccc(-c2c(O)ccc3ccccc23)cc1. The summed E-state index contributed by atoms with van der Waals surface area (Å²) in [6.45, 7) is 1.62. The van der Waals surface area contributed by atoms with Gasteiger partial charge in [-0.15, -0.1) is 0 Å². The number of nitrogens with one attached hydrogen (secondary N) is 2. The number of piperidine rings is 1. The lowest BCUT2D eigenvalue weighted by Crippen LogP contribution is -2.52. The Morgan fingerprint density at radius 2 is 1.86 bits per heavy atom. The second-order valence-corrected chi connectivity index (χ2v) is 7.45. The van der Waals surface area contributed by atoms with Gasteiger partial charge in [0.2, 0.25) is 0 Å². The predicted octanol–water partition coefficient (Wildman–Crippen LogP) is 3.06. The van der Waals surface area contributed by atoms with Crippen LogP contribution in [0.2, 0.25) is 0 Å². The Balaban J connectivity index is 1.53. The van der Waals surface area contributed by atoms with Gasteiger partial charge in [-0.25, -0.2) is 0 Å². The van der Waals surface area contributed by atoms with Gasteiger partial charge in [-0.2, -0.15) is 0 Å². The number of hydrogen-bond acceptors (Lipinski definition) is 4. The van der Waals surface area contributed by atoms with Crippen molar-refractivity contribution >= 4 is 16.7 Å². The smallest absolute Gasteiger partial charge is 0.251 e. The summed E-state index contributed by atoms with van der Waals surface area (Å²) in [6.07, 6.45) is 1.58. The zero-order valence-corrected chi connectivity index (χ0v) is 15.6. The van der Waals surface area contributed by atoms with Gasteiger partial charge in [-0.1, -0.05) is 42.5 Å². The molecule has 0 aromatic heterocycles. The number of rotatable bonds is 4. The van der Waals surface area contributed by atoms with Crippen LogP contribution in [0.1, 0.15) is 23.2 Å². The lowest BCUT2D eigenvalue weighted by atomic mass is 9.94. The summed E-state index contributed by atoms with van der Waals surface area (Å²) in [4.78, 5) is 12.5. The number of aromatic hydroxyl groups is 1. The third-order valence-electron chi connectivity index (χ3n) is 5.37. The Morgan fingerprint density at radius 3 is 2.61 bits per heavy atom. The first-order valence-electron chi connectivity index (χ1n) is 9.58.